The number of nitrogen functional groups attached to an aromatic ring is 2. The van der Waals surface area contributed by atoms with Gasteiger partial charge in [-0.2, -0.15) is 26.3 Å². The zero-order valence-corrected chi connectivity index (χ0v) is 11.8. The van der Waals surface area contributed by atoms with Crippen LogP contribution < -0.4 is 11.5 Å². The number of alkyl halides is 6. The Labute approximate surface area is 131 Å². The SMILES string of the molecule is Nc1cc(C(=O)c2ccc(C(F)(F)F)c(N)c2)ccc1C(F)(F)F. The fraction of sp³-hybridized carbons (Fsp3) is 0.133. The van der Waals surface area contributed by atoms with E-state index in [-0.39, 0.29) is 11.1 Å². The molecule has 0 bridgehead atoms. The van der Waals surface area contributed by atoms with Gasteiger partial charge in [-0.05, 0) is 24.3 Å². The predicted octanol–water partition coefficient (Wildman–Crippen LogP) is 4.12. The van der Waals surface area contributed by atoms with Gasteiger partial charge in [0.15, 0.2) is 5.78 Å². The maximum Gasteiger partial charge on any atom is 0.418 e. The second-order valence-corrected chi connectivity index (χ2v) is 4.93. The summed E-state index contributed by atoms with van der Waals surface area (Å²) in [4.78, 5) is 12.2. The first-order chi connectivity index (χ1) is 10.9. The molecular weight excluding hydrogens is 338 g/mol. The van der Waals surface area contributed by atoms with Crippen LogP contribution in [-0.2, 0) is 12.4 Å². The van der Waals surface area contributed by atoms with Crippen molar-refractivity contribution < 1.29 is 31.1 Å². The van der Waals surface area contributed by atoms with Gasteiger partial charge in [-0.15, -0.1) is 0 Å². The quantitative estimate of drug-likeness (QED) is 0.487. The molecule has 0 atom stereocenters. The highest BCUT2D eigenvalue weighted by Gasteiger charge is 2.34. The van der Waals surface area contributed by atoms with E-state index < -0.39 is 40.6 Å². The summed E-state index contributed by atoms with van der Waals surface area (Å²) in [7, 11) is 0. The van der Waals surface area contributed by atoms with Gasteiger partial charge in [0.25, 0.3) is 0 Å². The van der Waals surface area contributed by atoms with Gasteiger partial charge in [0.2, 0.25) is 0 Å². The molecule has 4 N–H and O–H groups in total. The summed E-state index contributed by atoms with van der Waals surface area (Å²) >= 11 is 0. The van der Waals surface area contributed by atoms with Crippen LogP contribution in [0.2, 0.25) is 0 Å². The van der Waals surface area contributed by atoms with E-state index in [0.717, 1.165) is 24.3 Å². The average molecular weight is 348 g/mol. The minimum atomic E-state index is -4.68. The summed E-state index contributed by atoms with van der Waals surface area (Å²) in [6.45, 7) is 0. The van der Waals surface area contributed by atoms with Crippen molar-refractivity contribution in [3.8, 4) is 0 Å². The molecule has 0 saturated carbocycles. The lowest BCUT2D eigenvalue weighted by Crippen LogP contribution is -2.12. The van der Waals surface area contributed by atoms with E-state index in [1.54, 1.807) is 0 Å². The van der Waals surface area contributed by atoms with Gasteiger partial charge in [0, 0.05) is 22.5 Å². The van der Waals surface area contributed by atoms with E-state index in [1.807, 2.05) is 0 Å². The third-order valence-electron chi connectivity index (χ3n) is 3.24. The lowest BCUT2D eigenvalue weighted by atomic mass is 9.99. The molecule has 0 aromatic heterocycles. The van der Waals surface area contributed by atoms with Gasteiger partial charge >= 0.3 is 12.4 Å². The number of ketones is 1. The Hall–Kier alpha value is -2.71. The van der Waals surface area contributed by atoms with E-state index in [9.17, 15) is 31.1 Å². The largest absolute Gasteiger partial charge is 0.418 e. The highest BCUT2D eigenvalue weighted by Crippen LogP contribution is 2.35. The number of anilines is 2. The lowest BCUT2D eigenvalue weighted by Gasteiger charge is -2.12. The molecule has 0 unspecified atom stereocenters. The van der Waals surface area contributed by atoms with Crippen molar-refractivity contribution in [2.75, 3.05) is 11.5 Å². The maximum atomic E-state index is 12.6. The number of hydrogen-bond donors (Lipinski definition) is 2. The van der Waals surface area contributed by atoms with Crippen LogP contribution >= 0.6 is 0 Å². The molecule has 0 spiro atoms. The standard InChI is InChI=1S/C15H10F6N2O/c16-14(17,18)9-3-1-7(5-11(9)22)13(24)8-2-4-10(12(23)6-8)15(19,20)21/h1-6H,22-23H2. The van der Waals surface area contributed by atoms with E-state index in [4.69, 9.17) is 11.5 Å². The molecule has 9 heteroatoms. The number of benzene rings is 2. The van der Waals surface area contributed by atoms with Gasteiger partial charge < -0.3 is 11.5 Å². The van der Waals surface area contributed by atoms with Gasteiger partial charge in [-0.3, -0.25) is 4.79 Å². The van der Waals surface area contributed by atoms with Gasteiger partial charge in [0.05, 0.1) is 11.1 Å². The van der Waals surface area contributed by atoms with Crippen LogP contribution in [0.3, 0.4) is 0 Å². The van der Waals surface area contributed by atoms with E-state index in [0.29, 0.717) is 12.1 Å². The molecule has 2 aromatic rings. The van der Waals surface area contributed by atoms with Crippen LogP contribution in [0.4, 0.5) is 37.7 Å². The molecule has 3 nitrogen and oxygen atoms in total. The van der Waals surface area contributed by atoms with Crippen molar-refractivity contribution in [2.45, 2.75) is 12.4 Å². The monoisotopic (exact) mass is 348 g/mol. The van der Waals surface area contributed by atoms with Crippen LogP contribution in [0.5, 0.6) is 0 Å². The summed E-state index contributed by atoms with van der Waals surface area (Å²) in [5.74, 6) is -0.796. The fourth-order valence-electron chi connectivity index (χ4n) is 2.09. The number of rotatable bonds is 2. The van der Waals surface area contributed by atoms with Crippen molar-refractivity contribution >= 4 is 17.2 Å². The van der Waals surface area contributed by atoms with Crippen molar-refractivity contribution in [1.82, 2.24) is 0 Å². The molecule has 0 radical (unpaired) electrons. The Morgan fingerprint density at radius 1 is 0.708 bits per heavy atom. The molecule has 0 fully saturated rings. The second kappa shape index (κ2) is 5.73. The van der Waals surface area contributed by atoms with Gasteiger partial charge in [0.1, 0.15) is 0 Å². The van der Waals surface area contributed by atoms with Gasteiger partial charge in [-0.25, -0.2) is 0 Å². The molecule has 0 heterocycles. The maximum absolute atomic E-state index is 12.6. The number of halogens is 6. The summed E-state index contributed by atoms with van der Waals surface area (Å²) in [5, 5.41) is 0. The van der Waals surface area contributed by atoms with Crippen LogP contribution in [-0.4, -0.2) is 5.78 Å². The number of carbonyl (C=O) groups is 1. The minimum absolute atomic E-state index is 0.195. The van der Waals surface area contributed by atoms with E-state index >= 15 is 0 Å². The van der Waals surface area contributed by atoms with E-state index in [1.165, 1.54) is 0 Å². The lowest BCUT2D eigenvalue weighted by molar-refractivity contribution is -0.137. The molecule has 128 valence electrons. The van der Waals surface area contributed by atoms with Crippen molar-refractivity contribution in [1.29, 1.82) is 0 Å². The Morgan fingerprint density at radius 2 is 1.04 bits per heavy atom. The Balaban J connectivity index is 2.40. The molecule has 0 aliphatic rings. The zero-order valence-electron chi connectivity index (χ0n) is 11.8. The minimum Gasteiger partial charge on any atom is -0.398 e. The molecule has 0 aliphatic carbocycles. The van der Waals surface area contributed by atoms with Gasteiger partial charge in [-0.1, -0.05) is 12.1 Å². The first-order valence-corrected chi connectivity index (χ1v) is 6.39. The third-order valence-corrected chi connectivity index (χ3v) is 3.24. The molecule has 0 amide bonds. The van der Waals surface area contributed by atoms with Crippen LogP contribution in [0.1, 0.15) is 27.0 Å². The highest BCUT2D eigenvalue weighted by atomic mass is 19.4. The Kier molecular flexibility index (Phi) is 4.21. The number of nitrogens with two attached hydrogens (primary N) is 2. The van der Waals surface area contributed by atoms with Crippen LogP contribution in [0.15, 0.2) is 36.4 Å². The molecule has 0 saturated heterocycles. The molecule has 24 heavy (non-hydrogen) atoms. The predicted molar refractivity (Wildman–Crippen MR) is 75.1 cm³/mol. The van der Waals surface area contributed by atoms with E-state index in [2.05, 4.69) is 0 Å². The van der Waals surface area contributed by atoms with Crippen LogP contribution in [0, 0.1) is 0 Å². The summed E-state index contributed by atoms with van der Waals surface area (Å²) in [6.07, 6.45) is -9.35. The molecule has 0 aliphatic heterocycles. The number of carbonyl (C=O) groups excluding carboxylic acids is 1. The summed E-state index contributed by atoms with van der Waals surface area (Å²) < 4.78 is 75.8. The summed E-state index contributed by atoms with van der Waals surface area (Å²) in [6, 6.07) is 4.70. The highest BCUT2D eigenvalue weighted by molar-refractivity contribution is 6.10. The van der Waals surface area contributed by atoms with Crippen molar-refractivity contribution in [2.24, 2.45) is 0 Å². The number of hydrogen-bond acceptors (Lipinski definition) is 3. The first kappa shape index (κ1) is 17.6. The van der Waals surface area contributed by atoms with Crippen LogP contribution in [0.25, 0.3) is 0 Å². The zero-order chi connectivity index (χ0) is 18.3. The average Bonchev–Trinajstić information content (AvgIpc) is 2.43. The van der Waals surface area contributed by atoms with Crippen molar-refractivity contribution in [3.05, 3.63) is 58.7 Å². The second-order valence-electron chi connectivity index (χ2n) is 4.93. The molecular formula is C15H10F6N2O. The van der Waals surface area contributed by atoms with Crippen molar-refractivity contribution in [3.63, 3.8) is 0 Å². The Morgan fingerprint density at radius 3 is 1.29 bits per heavy atom. The molecule has 2 rings (SSSR count). The normalized spacial score (nSPS) is 12.2. The third kappa shape index (κ3) is 3.44. The topological polar surface area (TPSA) is 69.1 Å². The first-order valence-electron chi connectivity index (χ1n) is 6.39. The Bertz CT molecular complexity index is 730. The summed E-state index contributed by atoms with van der Waals surface area (Å²) in [5.41, 5.74) is 6.66. The smallest absolute Gasteiger partial charge is 0.398 e. The molecule has 2 aromatic carbocycles. The fourth-order valence-corrected chi connectivity index (χ4v) is 2.09.